The van der Waals surface area contributed by atoms with Crippen LogP contribution in [0.1, 0.15) is 69.2 Å². The standard InChI is InChI=1S/C25H34N2O3S/c1-3-5-7-8-9-18-29-22-15-13-20(14-16-22)24(28)27-25(31)26-21-11-10-12-23(19-21)30-17-6-4-2/h10-16,19H,3-9,17-18H2,1-2H3,(H2,26,27,28,31). The van der Waals surface area contributed by atoms with Crippen LogP contribution in [0.15, 0.2) is 48.5 Å². The van der Waals surface area contributed by atoms with Crippen molar-refractivity contribution in [1.82, 2.24) is 5.32 Å². The molecule has 2 aromatic carbocycles. The van der Waals surface area contributed by atoms with E-state index < -0.39 is 0 Å². The Morgan fingerprint density at radius 3 is 2.26 bits per heavy atom. The molecule has 0 aromatic heterocycles. The topological polar surface area (TPSA) is 59.6 Å². The summed E-state index contributed by atoms with van der Waals surface area (Å²) in [7, 11) is 0. The predicted octanol–water partition coefficient (Wildman–Crippen LogP) is 6.34. The van der Waals surface area contributed by atoms with Gasteiger partial charge in [-0.1, -0.05) is 52.0 Å². The zero-order valence-electron chi connectivity index (χ0n) is 18.6. The Balaban J connectivity index is 1.77. The normalized spacial score (nSPS) is 10.4. The van der Waals surface area contributed by atoms with Crippen molar-refractivity contribution in [3.8, 4) is 11.5 Å². The van der Waals surface area contributed by atoms with Crippen molar-refractivity contribution in [3.05, 3.63) is 54.1 Å². The fourth-order valence-electron chi connectivity index (χ4n) is 2.93. The second-order valence-corrected chi connectivity index (χ2v) is 7.83. The molecule has 1 amide bonds. The molecule has 0 atom stereocenters. The first-order chi connectivity index (χ1) is 15.1. The Bertz CT molecular complexity index is 809. The number of hydrogen-bond acceptors (Lipinski definition) is 4. The largest absolute Gasteiger partial charge is 0.494 e. The molecule has 0 aliphatic carbocycles. The number of nitrogens with one attached hydrogen (secondary N) is 2. The second kappa shape index (κ2) is 14.4. The van der Waals surface area contributed by atoms with E-state index in [2.05, 4.69) is 24.5 Å². The van der Waals surface area contributed by atoms with Gasteiger partial charge in [0, 0.05) is 17.3 Å². The monoisotopic (exact) mass is 442 g/mol. The van der Waals surface area contributed by atoms with Crippen LogP contribution in [0.3, 0.4) is 0 Å². The maximum absolute atomic E-state index is 12.5. The zero-order chi connectivity index (χ0) is 22.3. The van der Waals surface area contributed by atoms with Gasteiger partial charge >= 0.3 is 0 Å². The third-order valence-corrected chi connectivity index (χ3v) is 4.92. The maximum Gasteiger partial charge on any atom is 0.257 e. The van der Waals surface area contributed by atoms with E-state index in [-0.39, 0.29) is 11.0 Å². The highest BCUT2D eigenvalue weighted by Crippen LogP contribution is 2.18. The molecule has 31 heavy (non-hydrogen) atoms. The SMILES string of the molecule is CCCCCCCOc1ccc(C(=O)NC(=S)Nc2cccc(OCCCC)c2)cc1. The number of unbranched alkanes of at least 4 members (excludes halogenated alkanes) is 5. The molecule has 6 heteroatoms. The number of thiocarbonyl (C=S) groups is 1. The average Bonchev–Trinajstić information content (AvgIpc) is 2.77. The minimum Gasteiger partial charge on any atom is -0.494 e. The number of amides is 1. The molecule has 2 aromatic rings. The molecule has 168 valence electrons. The van der Waals surface area contributed by atoms with Crippen LogP contribution in [0.2, 0.25) is 0 Å². The molecular formula is C25H34N2O3S. The lowest BCUT2D eigenvalue weighted by Gasteiger charge is -2.12. The highest BCUT2D eigenvalue weighted by atomic mass is 32.1. The van der Waals surface area contributed by atoms with Crippen LogP contribution in [0.25, 0.3) is 0 Å². The lowest BCUT2D eigenvalue weighted by Crippen LogP contribution is -2.34. The van der Waals surface area contributed by atoms with Crippen LogP contribution >= 0.6 is 12.2 Å². The summed E-state index contributed by atoms with van der Waals surface area (Å²) in [6.45, 7) is 5.71. The zero-order valence-corrected chi connectivity index (χ0v) is 19.4. The van der Waals surface area contributed by atoms with Crippen molar-refractivity contribution < 1.29 is 14.3 Å². The highest BCUT2D eigenvalue weighted by Gasteiger charge is 2.09. The quantitative estimate of drug-likeness (QED) is 0.280. The maximum atomic E-state index is 12.5. The van der Waals surface area contributed by atoms with E-state index in [1.807, 2.05) is 36.4 Å². The molecule has 0 bridgehead atoms. The summed E-state index contributed by atoms with van der Waals surface area (Å²) >= 11 is 5.28. The number of carbonyl (C=O) groups excluding carboxylic acids is 1. The molecular weight excluding hydrogens is 408 g/mol. The molecule has 5 nitrogen and oxygen atoms in total. The molecule has 0 spiro atoms. The smallest absolute Gasteiger partial charge is 0.257 e. The lowest BCUT2D eigenvalue weighted by molar-refractivity contribution is 0.0977. The minimum absolute atomic E-state index is 0.239. The van der Waals surface area contributed by atoms with Crippen LogP contribution in [-0.2, 0) is 0 Å². The Kier molecular flexibility index (Phi) is 11.5. The van der Waals surface area contributed by atoms with Crippen molar-refractivity contribution in [2.75, 3.05) is 18.5 Å². The first-order valence-corrected chi connectivity index (χ1v) is 11.6. The van der Waals surface area contributed by atoms with Crippen molar-refractivity contribution in [3.63, 3.8) is 0 Å². The van der Waals surface area contributed by atoms with Gasteiger partial charge in [-0.3, -0.25) is 10.1 Å². The van der Waals surface area contributed by atoms with Gasteiger partial charge in [0.25, 0.3) is 5.91 Å². The van der Waals surface area contributed by atoms with Gasteiger partial charge < -0.3 is 14.8 Å². The van der Waals surface area contributed by atoms with Gasteiger partial charge in [0.15, 0.2) is 5.11 Å². The first-order valence-electron chi connectivity index (χ1n) is 11.2. The van der Waals surface area contributed by atoms with E-state index in [4.69, 9.17) is 21.7 Å². The summed E-state index contributed by atoms with van der Waals surface area (Å²) in [6, 6.07) is 14.6. The van der Waals surface area contributed by atoms with E-state index in [1.54, 1.807) is 12.1 Å². The Hall–Kier alpha value is -2.60. The van der Waals surface area contributed by atoms with Crippen LogP contribution in [-0.4, -0.2) is 24.2 Å². The fraction of sp³-hybridized carbons (Fsp3) is 0.440. The average molecular weight is 443 g/mol. The summed E-state index contributed by atoms with van der Waals surface area (Å²) in [5.41, 5.74) is 1.29. The highest BCUT2D eigenvalue weighted by molar-refractivity contribution is 7.80. The summed E-state index contributed by atoms with van der Waals surface area (Å²) in [6.07, 6.45) is 8.10. The summed E-state index contributed by atoms with van der Waals surface area (Å²) < 4.78 is 11.4. The molecule has 0 aliphatic rings. The van der Waals surface area contributed by atoms with Gasteiger partial charge in [-0.25, -0.2) is 0 Å². The third-order valence-electron chi connectivity index (χ3n) is 4.72. The molecule has 0 saturated carbocycles. The number of carbonyl (C=O) groups is 1. The van der Waals surface area contributed by atoms with Gasteiger partial charge in [0.2, 0.25) is 0 Å². The molecule has 0 saturated heterocycles. The van der Waals surface area contributed by atoms with E-state index >= 15 is 0 Å². The minimum atomic E-state index is -0.265. The molecule has 0 aliphatic heterocycles. The van der Waals surface area contributed by atoms with Crippen LogP contribution in [0, 0.1) is 0 Å². The van der Waals surface area contributed by atoms with Gasteiger partial charge in [-0.2, -0.15) is 0 Å². The number of anilines is 1. The van der Waals surface area contributed by atoms with Gasteiger partial charge in [0.1, 0.15) is 11.5 Å². The van der Waals surface area contributed by atoms with Gasteiger partial charge in [-0.05, 0) is 61.5 Å². The van der Waals surface area contributed by atoms with Crippen molar-refractivity contribution in [2.24, 2.45) is 0 Å². The summed E-state index contributed by atoms with van der Waals surface area (Å²) in [5, 5.41) is 5.97. The Morgan fingerprint density at radius 2 is 1.52 bits per heavy atom. The van der Waals surface area contributed by atoms with Crippen LogP contribution < -0.4 is 20.1 Å². The van der Waals surface area contributed by atoms with Crippen LogP contribution in [0.5, 0.6) is 11.5 Å². The molecule has 0 radical (unpaired) electrons. The van der Waals surface area contributed by atoms with E-state index in [0.29, 0.717) is 18.8 Å². The molecule has 0 heterocycles. The number of rotatable bonds is 13. The number of ether oxygens (including phenoxy) is 2. The second-order valence-electron chi connectivity index (χ2n) is 7.43. The van der Waals surface area contributed by atoms with Crippen molar-refractivity contribution in [2.45, 2.75) is 58.8 Å². The van der Waals surface area contributed by atoms with E-state index in [1.165, 1.54) is 25.7 Å². The van der Waals surface area contributed by atoms with E-state index in [9.17, 15) is 4.79 Å². The first kappa shape index (κ1) is 24.7. The Labute approximate surface area is 191 Å². The van der Waals surface area contributed by atoms with Crippen molar-refractivity contribution >= 4 is 28.9 Å². The molecule has 0 fully saturated rings. The molecule has 0 unspecified atom stereocenters. The Morgan fingerprint density at radius 1 is 0.839 bits per heavy atom. The number of benzene rings is 2. The lowest BCUT2D eigenvalue weighted by atomic mass is 10.2. The number of hydrogen-bond donors (Lipinski definition) is 2. The third kappa shape index (κ3) is 9.83. The predicted molar refractivity (Wildman–Crippen MR) is 131 cm³/mol. The summed E-state index contributed by atoms with van der Waals surface area (Å²) in [5.74, 6) is 1.28. The van der Waals surface area contributed by atoms with Crippen molar-refractivity contribution in [1.29, 1.82) is 0 Å². The summed E-state index contributed by atoms with van der Waals surface area (Å²) in [4.78, 5) is 12.5. The molecule has 2 rings (SSSR count). The van der Waals surface area contributed by atoms with Crippen LogP contribution in [0.4, 0.5) is 5.69 Å². The molecule has 2 N–H and O–H groups in total. The van der Waals surface area contributed by atoms with Gasteiger partial charge in [0.05, 0.1) is 13.2 Å². The van der Waals surface area contributed by atoms with Gasteiger partial charge in [-0.15, -0.1) is 0 Å². The fourth-order valence-corrected chi connectivity index (χ4v) is 3.14. The van der Waals surface area contributed by atoms with E-state index in [0.717, 1.165) is 36.4 Å².